The van der Waals surface area contributed by atoms with Gasteiger partial charge in [0, 0.05) is 7.11 Å². The molecule has 0 aliphatic carbocycles. The molecule has 0 bridgehead atoms. The molecule has 112 valence electrons. The summed E-state index contributed by atoms with van der Waals surface area (Å²) >= 11 is 16.0. The Kier molecular flexibility index (Phi) is 5.83. The van der Waals surface area contributed by atoms with Crippen LogP contribution in [0.1, 0.15) is 0 Å². The van der Waals surface area contributed by atoms with Crippen molar-refractivity contribution in [2.24, 2.45) is 0 Å². The van der Waals surface area contributed by atoms with Gasteiger partial charge in [0.2, 0.25) is 5.78 Å². The number of carbonyl (C=O) groups is 1. The van der Waals surface area contributed by atoms with E-state index in [-0.39, 0.29) is 0 Å². The summed E-state index contributed by atoms with van der Waals surface area (Å²) in [7, 11) is 1.17. The van der Waals surface area contributed by atoms with Gasteiger partial charge in [0.25, 0.3) is 3.79 Å². The number of aliphatic hydroxyl groups is 4. The molecule has 0 aromatic rings. The molecule has 0 aromatic carbocycles. The van der Waals surface area contributed by atoms with Crippen LogP contribution in [0.2, 0.25) is 0 Å². The predicted molar refractivity (Wildman–Crippen MR) is 65.0 cm³/mol. The highest BCUT2D eigenvalue weighted by Crippen LogP contribution is 2.32. The molecule has 1 heterocycles. The Morgan fingerprint density at radius 3 is 2.16 bits per heavy atom. The second-order valence-electron chi connectivity index (χ2n) is 3.98. The molecule has 1 aliphatic heterocycles. The quantitative estimate of drug-likeness (QED) is 0.474. The van der Waals surface area contributed by atoms with Crippen molar-refractivity contribution in [3.8, 4) is 0 Å². The van der Waals surface area contributed by atoms with Crippen LogP contribution in [0.25, 0.3) is 0 Å². The number of hydrogen-bond donors (Lipinski definition) is 4. The van der Waals surface area contributed by atoms with Gasteiger partial charge in [-0.15, -0.1) is 0 Å². The second kappa shape index (κ2) is 6.38. The number of aliphatic hydroxyl groups excluding tert-OH is 4. The van der Waals surface area contributed by atoms with Gasteiger partial charge in [-0.2, -0.15) is 0 Å². The summed E-state index contributed by atoms with van der Waals surface area (Å²) in [6.07, 6.45) is -9.96. The van der Waals surface area contributed by atoms with Gasteiger partial charge in [-0.1, -0.05) is 34.8 Å². The number of ketones is 1. The molecule has 19 heavy (non-hydrogen) atoms. The van der Waals surface area contributed by atoms with Crippen molar-refractivity contribution >= 4 is 40.6 Å². The maximum Gasteiger partial charge on any atom is 0.251 e. The first-order valence-corrected chi connectivity index (χ1v) is 6.26. The smallest absolute Gasteiger partial charge is 0.251 e. The topological polar surface area (TPSA) is 116 Å². The van der Waals surface area contributed by atoms with Crippen LogP contribution in [0.15, 0.2) is 0 Å². The van der Waals surface area contributed by atoms with Crippen molar-refractivity contribution in [3.63, 3.8) is 0 Å². The standard InChI is InChI=1S/C9H13Cl3O7/c1-18-8-4(15)2(13)3(14)6(19-8)5(16)7(17)9(10,11)12/h2-6,8,13-16H,1H3/t2-,3-,4+,5?,6-,8-/m0/s1. The number of ether oxygens (including phenoxy) is 2. The third-order valence-electron chi connectivity index (χ3n) is 2.70. The van der Waals surface area contributed by atoms with Gasteiger partial charge < -0.3 is 29.9 Å². The van der Waals surface area contributed by atoms with Crippen LogP contribution in [-0.2, 0) is 14.3 Å². The van der Waals surface area contributed by atoms with E-state index in [1.165, 1.54) is 7.11 Å². The van der Waals surface area contributed by atoms with E-state index in [0.717, 1.165) is 0 Å². The zero-order chi connectivity index (χ0) is 15.0. The first-order chi connectivity index (χ1) is 8.61. The van der Waals surface area contributed by atoms with E-state index in [0.29, 0.717) is 0 Å². The largest absolute Gasteiger partial charge is 0.387 e. The van der Waals surface area contributed by atoms with Crippen molar-refractivity contribution in [1.29, 1.82) is 0 Å². The molecule has 1 rings (SSSR count). The van der Waals surface area contributed by atoms with E-state index in [1.54, 1.807) is 0 Å². The zero-order valence-electron chi connectivity index (χ0n) is 9.61. The monoisotopic (exact) mass is 338 g/mol. The molecule has 1 fully saturated rings. The fraction of sp³-hybridized carbons (Fsp3) is 0.889. The number of rotatable bonds is 3. The Morgan fingerprint density at radius 2 is 1.74 bits per heavy atom. The maximum absolute atomic E-state index is 11.6. The Labute approximate surface area is 123 Å². The number of Topliss-reactive ketones (excluding diaryl/α,β-unsaturated/α-hetero) is 1. The molecular formula is C9H13Cl3O7. The third-order valence-corrected chi connectivity index (χ3v) is 3.26. The molecule has 7 nitrogen and oxygen atoms in total. The van der Waals surface area contributed by atoms with Crippen LogP contribution in [0.5, 0.6) is 0 Å². The van der Waals surface area contributed by atoms with E-state index < -0.39 is 46.4 Å². The van der Waals surface area contributed by atoms with E-state index in [2.05, 4.69) is 0 Å². The highest BCUT2D eigenvalue weighted by atomic mass is 35.6. The van der Waals surface area contributed by atoms with Gasteiger partial charge >= 0.3 is 0 Å². The fourth-order valence-corrected chi connectivity index (χ4v) is 1.98. The first-order valence-electron chi connectivity index (χ1n) is 5.12. The summed E-state index contributed by atoms with van der Waals surface area (Å²) in [5, 5.41) is 38.5. The number of hydrogen-bond acceptors (Lipinski definition) is 7. The number of halogens is 3. The molecule has 0 aromatic heterocycles. The molecule has 0 amide bonds. The first kappa shape index (κ1) is 17.4. The Hall–Kier alpha value is 0.300. The molecule has 1 unspecified atom stereocenters. The molecule has 0 radical (unpaired) electrons. The second-order valence-corrected chi connectivity index (χ2v) is 6.26. The summed E-state index contributed by atoms with van der Waals surface area (Å²) in [5.74, 6) is -1.24. The number of methoxy groups -OCH3 is 1. The van der Waals surface area contributed by atoms with Gasteiger partial charge in [0.05, 0.1) is 0 Å². The lowest BCUT2D eigenvalue weighted by Crippen LogP contribution is -2.62. The Morgan fingerprint density at radius 1 is 1.21 bits per heavy atom. The van der Waals surface area contributed by atoms with Crippen LogP contribution >= 0.6 is 34.8 Å². The molecule has 0 spiro atoms. The summed E-state index contributed by atoms with van der Waals surface area (Å²) < 4.78 is 7.27. The van der Waals surface area contributed by atoms with E-state index in [1.807, 2.05) is 0 Å². The van der Waals surface area contributed by atoms with Crippen LogP contribution in [-0.4, -0.2) is 73.9 Å². The van der Waals surface area contributed by atoms with Crippen molar-refractivity contribution in [3.05, 3.63) is 0 Å². The SMILES string of the molecule is CO[C@H]1O[C@H](C(O)C(=O)C(Cl)(Cl)Cl)[C@@H](O)[C@H](O)[C@H]1O. The average molecular weight is 340 g/mol. The van der Waals surface area contributed by atoms with Crippen molar-refractivity contribution in [2.45, 2.75) is 40.6 Å². The maximum atomic E-state index is 11.6. The van der Waals surface area contributed by atoms with Crippen LogP contribution < -0.4 is 0 Å². The van der Waals surface area contributed by atoms with E-state index in [9.17, 15) is 25.2 Å². The predicted octanol–water partition coefficient (Wildman–Crippen LogP) is -1.26. The highest BCUT2D eigenvalue weighted by molar-refractivity contribution is 6.76. The van der Waals surface area contributed by atoms with Crippen molar-refractivity contribution in [2.75, 3.05) is 7.11 Å². The lowest BCUT2D eigenvalue weighted by Gasteiger charge is -2.41. The minimum Gasteiger partial charge on any atom is -0.387 e. The number of carbonyl (C=O) groups excluding carboxylic acids is 1. The van der Waals surface area contributed by atoms with Crippen LogP contribution in [0.4, 0.5) is 0 Å². The van der Waals surface area contributed by atoms with Gasteiger partial charge in [-0.05, 0) is 0 Å². The summed E-state index contributed by atoms with van der Waals surface area (Å²) in [6, 6.07) is 0. The van der Waals surface area contributed by atoms with Crippen LogP contribution in [0.3, 0.4) is 0 Å². The molecular weight excluding hydrogens is 326 g/mol. The average Bonchev–Trinajstić information content (AvgIpc) is 2.33. The summed E-state index contributed by atoms with van der Waals surface area (Å²) in [4.78, 5) is 11.6. The molecule has 6 atom stereocenters. The lowest BCUT2D eigenvalue weighted by molar-refractivity contribution is -0.301. The van der Waals surface area contributed by atoms with E-state index in [4.69, 9.17) is 44.3 Å². The molecule has 1 aliphatic rings. The highest BCUT2D eigenvalue weighted by Gasteiger charge is 2.51. The molecule has 1 saturated heterocycles. The van der Waals surface area contributed by atoms with Gasteiger partial charge in [-0.25, -0.2) is 0 Å². The van der Waals surface area contributed by atoms with E-state index >= 15 is 0 Å². The normalized spacial score (nSPS) is 38.0. The van der Waals surface area contributed by atoms with Gasteiger partial charge in [-0.3, -0.25) is 4.79 Å². The lowest BCUT2D eigenvalue weighted by atomic mass is 9.94. The van der Waals surface area contributed by atoms with Crippen molar-refractivity contribution < 1.29 is 34.7 Å². The minimum absolute atomic E-state index is 1.17. The Bertz CT molecular complexity index is 332. The van der Waals surface area contributed by atoms with Crippen molar-refractivity contribution in [1.82, 2.24) is 0 Å². The summed E-state index contributed by atoms with van der Waals surface area (Å²) in [6.45, 7) is 0. The van der Waals surface area contributed by atoms with Gasteiger partial charge in [0.15, 0.2) is 6.29 Å². The fourth-order valence-electron chi connectivity index (χ4n) is 1.65. The molecule has 10 heteroatoms. The number of alkyl halides is 3. The molecule has 4 N–H and O–H groups in total. The Balaban J connectivity index is 2.90. The third kappa shape index (κ3) is 3.69. The van der Waals surface area contributed by atoms with Crippen LogP contribution in [0, 0.1) is 0 Å². The van der Waals surface area contributed by atoms with Gasteiger partial charge in [0.1, 0.15) is 30.5 Å². The minimum atomic E-state index is -2.41. The zero-order valence-corrected chi connectivity index (χ0v) is 11.9. The summed E-state index contributed by atoms with van der Waals surface area (Å²) in [5.41, 5.74) is 0. The molecule has 0 saturated carbocycles.